The van der Waals surface area contributed by atoms with E-state index in [1.807, 2.05) is 35.2 Å². The topological polar surface area (TPSA) is 192 Å². The number of phenolic OH excluding ortho intramolecular Hbond substituents is 1. The van der Waals surface area contributed by atoms with E-state index in [1.54, 1.807) is 34.6 Å². The fourth-order valence-corrected chi connectivity index (χ4v) is 8.49. The number of nitrogens with zero attached hydrogens (tertiary/aromatic N) is 5. The van der Waals surface area contributed by atoms with E-state index >= 15 is 0 Å². The van der Waals surface area contributed by atoms with Crippen LogP contribution in [0, 0.1) is 0 Å². The molecule has 3 fully saturated rings. The Morgan fingerprint density at radius 3 is 2.65 bits per heavy atom. The van der Waals surface area contributed by atoms with Crippen LogP contribution in [0.15, 0.2) is 82.2 Å². The Morgan fingerprint density at radius 1 is 1.16 bits per heavy atom. The van der Waals surface area contributed by atoms with Crippen molar-refractivity contribution in [2.45, 2.75) is 62.7 Å². The van der Waals surface area contributed by atoms with Gasteiger partial charge in [0.1, 0.15) is 34.7 Å². The second-order valence-electron chi connectivity index (χ2n) is 12.8. The van der Waals surface area contributed by atoms with Gasteiger partial charge in [-0.2, -0.15) is 0 Å². The number of carboxylic acids is 1. The third kappa shape index (κ3) is 7.32. The molecule has 7 rings (SSSR count). The van der Waals surface area contributed by atoms with Crippen LogP contribution in [0.4, 0.5) is 5.13 Å². The lowest BCUT2D eigenvalue weighted by atomic mass is 10.0. The number of nitrogens with one attached hydrogen (secondary N) is 1. The SMILES string of the molecule is Nc1nc(/C(=N/OC2CCCC2)C(=O)N[C@@H]2C(=O)N3C(C(=O)O)=C(C=C4CCN(Cc5cc[n+](Cc6cccc(O)c6)cc5)C4=O)CS[C@H]23)cs1. The molecule has 2 saturated heterocycles. The van der Waals surface area contributed by atoms with E-state index in [0.717, 1.165) is 48.1 Å². The maximum Gasteiger partial charge on any atom is 0.352 e. The molecule has 14 nitrogen and oxygen atoms in total. The van der Waals surface area contributed by atoms with Crippen molar-refractivity contribution in [3.05, 3.63) is 93.9 Å². The van der Waals surface area contributed by atoms with Gasteiger partial charge in [0.15, 0.2) is 29.8 Å². The normalized spacial score (nSPS) is 21.6. The molecule has 0 bridgehead atoms. The Hall–Kier alpha value is -5.22. The van der Waals surface area contributed by atoms with Gasteiger partial charge >= 0.3 is 5.97 Å². The molecule has 5 heterocycles. The van der Waals surface area contributed by atoms with E-state index in [0.29, 0.717) is 37.2 Å². The van der Waals surface area contributed by atoms with Gasteiger partial charge in [-0.15, -0.1) is 23.1 Å². The average Bonchev–Trinajstić information content (AvgIpc) is 3.87. The number of fused-ring (bicyclic) bond motifs is 1. The molecule has 264 valence electrons. The van der Waals surface area contributed by atoms with Crippen molar-refractivity contribution in [1.82, 2.24) is 20.1 Å². The number of phenols is 1. The Bertz CT molecular complexity index is 1970. The smallest absolute Gasteiger partial charge is 0.352 e. The Labute approximate surface area is 301 Å². The third-order valence-electron chi connectivity index (χ3n) is 9.23. The number of hydrogen-bond donors (Lipinski definition) is 4. The van der Waals surface area contributed by atoms with Crippen LogP contribution in [0.3, 0.4) is 0 Å². The van der Waals surface area contributed by atoms with Crippen LogP contribution in [-0.2, 0) is 37.1 Å². The van der Waals surface area contributed by atoms with Crippen LogP contribution >= 0.6 is 23.1 Å². The predicted molar refractivity (Wildman–Crippen MR) is 188 cm³/mol. The maximum atomic E-state index is 13.4. The highest BCUT2D eigenvalue weighted by atomic mass is 32.2. The number of nitrogens with two attached hydrogens (primary N) is 1. The maximum absolute atomic E-state index is 13.4. The molecule has 1 saturated carbocycles. The third-order valence-corrected chi connectivity index (χ3v) is 11.2. The summed E-state index contributed by atoms with van der Waals surface area (Å²) in [6, 6.07) is 9.95. The summed E-state index contributed by atoms with van der Waals surface area (Å²) < 4.78 is 1.98. The second-order valence-corrected chi connectivity index (χ2v) is 14.8. The standard InChI is InChI=1S/C35H35N7O7S2/c36-35-37-26(19-51-35)27(39-49-25-6-1-2-7-25)30(44)38-28-32(46)42-29(34(47)48)23(18-50-33(28)42)15-22-10-13-41(31(22)45)17-20-8-11-40(12-9-20)16-21-4-3-5-24(43)14-21/h3-5,8-9,11-12,14-15,19,25,28,33H,1-2,6-7,10,13,16-18H2,(H4-,36,37,38,43,44,47,48)/p+1/b22-15?,39-27-/t28-,33-/m1/s1. The molecule has 3 amide bonds. The van der Waals surface area contributed by atoms with Gasteiger partial charge in [-0.05, 0) is 61.4 Å². The number of thioether (sulfide) groups is 1. The van der Waals surface area contributed by atoms with Crippen LogP contribution < -0.4 is 15.6 Å². The summed E-state index contributed by atoms with van der Waals surface area (Å²) in [5.74, 6) is -2.29. The van der Waals surface area contributed by atoms with Crippen molar-refractivity contribution >= 4 is 57.6 Å². The van der Waals surface area contributed by atoms with Gasteiger partial charge in [0.05, 0.1) is 0 Å². The van der Waals surface area contributed by atoms with Crippen molar-refractivity contribution in [2.24, 2.45) is 5.16 Å². The van der Waals surface area contributed by atoms with E-state index in [1.165, 1.54) is 16.7 Å². The van der Waals surface area contributed by atoms with Gasteiger partial charge in [0.2, 0.25) is 5.91 Å². The van der Waals surface area contributed by atoms with Crippen LogP contribution in [-0.4, -0.2) is 84.2 Å². The first-order valence-corrected chi connectivity index (χ1v) is 18.5. The Kier molecular flexibility index (Phi) is 9.77. The minimum Gasteiger partial charge on any atom is -0.508 e. The zero-order valence-corrected chi connectivity index (χ0v) is 29.1. The van der Waals surface area contributed by atoms with Crippen LogP contribution in [0.5, 0.6) is 5.75 Å². The number of thiazole rings is 1. The van der Waals surface area contributed by atoms with Gasteiger partial charge in [-0.25, -0.2) is 14.3 Å². The molecule has 4 aliphatic rings. The lowest BCUT2D eigenvalue weighted by Crippen LogP contribution is -2.71. The highest BCUT2D eigenvalue weighted by Gasteiger charge is 2.54. The number of hydrogen-bond acceptors (Lipinski definition) is 11. The summed E-state index contributed by atoms with van der Waals surface area (Å²) in [5, 5.41) is 27.9. The van der Waals surface area contributed by atoms with Gasteiger partial charge in [0.25, 0.3) is 11.8 Å². The minimum atomic E-state index is -1.29. The van der Waals surface area contributed by atoms with E-state index < -0.39 is 29.2 Å². The quantitative estimate of drug-likeness (QED) is 0.0750. The van der Waals surface area contributed by atoms with E-state index in [4.69, 9.17) is 10.6 Å². The molecule has 1 aromatic carbocycles. The number of aliphatic carboxylic acids is 1. The molecule has 1 aliphatic carbocycles. The lowest BCUT2D eigenvalue weighted by molar-refractivity contribution is -0.688. The summed E-state index contributed by atoms with van der Waals surface area (Å²) in [6.45, 7) is 1.45. The number of aromatic nitrogens is 2. The minimum absolute atomic E-state index is 0.103. The van der Waals surface area contributed by atoms with E-state index in [2.05, 4.69) is 15.5 Å². The van der Waals surface area contributed by atoms with E-state index in [-0.39, 0.29) is 45.7 Å². The fourth-order valence-electron chi connectivity index (χ4n) is 6.63. The first-order chi connectivity index (χ1) is 24.6. The molecule has 51 heavy (non-hydrogen) atoms. The molecule has 2 aromatic heterocycles. The van der Waals surface area contributed by atoms with Gasteiger partial charge in [-0.3, -0.25) is 19.3 Å². The molecule has 2 atom stereocenters. The number of aromatic hydroxyl groups is 1. The summed E-state index contributed by atoms with van der Waals surface area (Å²) >= 11 is 2.45. The van der Waals surface area contributed by atoms with Crippen LogP contribution in [0.2, 0.25) is 0 Å². The first-order valence-electron chi connectivity index (χ1n) is 16.6. The van der Waals surface area contributed by atoms with Crippen molar-refractivity contribution in [1.29, 1.82) is 0 Å². The number of allylic oxidation sites excluding steroid dienone is 1. The number of nitrogen functional groups attached to an aromatic ring is 1. The molecule has 5 N–H and O–H groups in total. The first kappa shape index (κ1) is 34.2. The number of amides is 3. The number of pyridine rings is 1. The van der Waals surface area contributed by atoms with Crippen molar-refractivity contribution in [3.63, 3.8) is 0 Å². The monoisotopic (exact) mass is 730 g/mol. The summed E-state index contributed by atoms with van der Waals surface area (Å²) in [4.78, 5) is 65.5. The van der Waals surface area contributed by atoms with Gasteiger partial charge < -0.3 is 31.0 Å². The van der Waals surface area contributed by atoms with E-state index in [9.17, 15) is 29.4 Å². The number of carboxylic acid groups (broad SMARTS) is 1. The van der Waals surface area contributed by atoms with Crippen molar-refractivity contribution in [2.75, 3.05) is 18.0 Å². The zero-order chi connectivity index (χ0) is 35.6. The second kappa shape index (κ2) is 14.6. The molecule has 0 radical (unpaired) electrons. The number of rotatable bonds is 11. The van der Waals surface area contributed by atoms with Crippen LogP contribution in [0.25, 0.3) is 0 Å². The number of oxime groups is 1. The van der Waals surface area contributed by atoms with Gasteiger partial charge in [-0.1, -0.05) is 17.3 Å². The fraction of sp³-hybridized carbons (Fsp3) is 0.343. The number of benzene rings is 1. The Morgan fingerprint density at radius 2 is 1.94 bits per heavy atom. The van der Waals surface area contributed by atoms with Crippen molar-refractivity contribution in [3.8, 4) is 5.75 Å². The molecular formula is C35H36N7O7S2+. The molecular weight excluding hydrogens is 695 g/mol. The largest absolute Gasteiger partial charge is 0.508 e. The molecule has 0 unspecified atom stereocenters. The zero-order valence-electron chi connectivity index (χ0n) is 27.4. The molecule has 3 aliphatic heterocycles. The molecule has 3 aromatic rings. The number of likely N-dealkylation sites (tertiary alicyclic amines) is 1. The number of carbonyl (C=O) groups is 4. The highest BCUT2D eigenvalue weighted by Crippen LogP contribution is 2.41. The van der Waals surface area contributed by atoms with Gasteiger partial charge in [0, 0.05) is 47.5 Å². The summed E-state index contributed by atoms with van der Waals surface area (Å²) in [6.07, 6.45) is 9.45. The van der Waals surface area contributed by atoms with Crippen molar-refractivity contribution < 1.29 is 38.8 Å². The Balaban J connectivity index is 1.01. The number of β-lactam (4-membered cyclic amide) rings is 1. The predicted octanol–water partition coefficient (Wildman–Crippen LogP) is 2.53. The molecule has 16 heteroatoms. The summed E-state index contributed by atoms with van der Waals surface area (Å²) in [7, 11) is 0. The highest BCUT2D eigenvalue weighted by molar-refractivity contribution is 8.00. The molecule has 0 spiro atoms. The lowest BCUT2D eigenvalue weighted by Gasteiger charge is -2.49. The summed E-state index contributed by atoms with van der Waals surface area (Å²) in [5.41, 5.74) is 8.46. The number of carbonyl (C=O) groups excluding carboxylic acids is 3. The average molecular weight is 731 g/mol. The van der Waals surface area contributed by atoms with Crippen LogP contribution in [0.1, 0.15) is 48.9 Å². The number of anilines is 1.